The van der Waals surface area contributed by atoms with E-state index in [1.807, 2.05) is 12.3 Å². The number of aryl methyl sites for hydroxylation is 1. The molecule has 3 nitrogen and oxygen atoms in total. The van der Waals surface area contributed by atoms with Crippen LogP contribution in [0.2, 0.25) is 0 Å². The summed E-state index contributed by atoms with van der Waals surface area (Å²) < 4.78 is 0. The van der Waals surface area contributed by atoms with Gasteiger partial charge in [0.1, 0.15) is 0 Å². The number of nitrogens with two attached hydrogens (primary N) is 1. The number of rotatable bonds is 3. The fourth-order valence-electron chi connectivity index (χ4n) is 1.95. The molecule has 0 fully saturated rings. The Morgan fingerprint density at radius 3 is 2.82 bits per heavy atom. The molecule has 0 amide bonds. The second-order valence-corrected chi connectivity index (χ2v) is 4.55. The van der Waals surface area contributed by atoms with Crippen LogP contribution in [0.1, 0.15) is 12.5 Å². The Morgan fingerprint density at radius 2 is 2.12 bits per heavy atom. The van der Waals surface area contributed by atoms with Gasteiger partial charge in [-0.3, -0.25) is 4.98 Å². The van der Waals surface area contributed by atoms with Crippen molar-refractivity contribution in [3.63, 3.8) is 0 Å². The van der Waals surface area contributed by atoms with Crippen molar-refractivity contribution < 1.29 is 0 Å². The zero-order chi connectivity index (χ0) is 12.4. The molecule has 0 spiro atoms. The van der Waals surface area contributed by atoms with Crippen molar-refractivity contribution in [1.82, 2.24) is 4.98 Å². The normalized spacial score (nSPS) is 12.7. The molecule has 0 aliphatic rings. The molecule has 1 heterocycles. The molecule has 0 aliphatic heterocycles. The smallest absolute Gasteiger partial charge is 0.0722 e. The average Bonchev–Trinajstić information content (AvgIpc) is 2.36. The molecular weight excluding hydrogens is 210 g/mol. The molecule has 0 saturated heterocycles. The summed E-state index contributed by atoms with van der Waals surface area (Å²) in [6.07, 6.45) is 1.85. The number of aromatic nitrogens is 1. The Bertz CT molecular complexity index is 522. The fraction of sp³-hybridized carbons (Fsp3) is 0.357. The van der Waals surface area contributed by atoms with E-state index < -0.39 is 0 Å². The Morgan fingerprint density at radius 1 is 1.35 bits per heavy atom. The third-order valence-corrected chi connectivity index (χ3v) is 3.26. The maximum Gasteiger partial charge on any atom is 0.0722 e. The minimum absolute atomic E-state index is 0.320. The van der Waals surface area contributed by atoms with Gasteiger partial charge in [-0.05, 0) is 32.0 Å². The van der Waals surface area contributed by atoms with Crippen LogP contribution in [-0.4, -0.2) is 24.6 Å². The second kappa shape index (κ2) is 4.72. The lowest BCUT2D eigenvalue weighted by molar-refractivity contribution is 0.697. The largest absolute Gasteiger partial charge is 0.370 e. The minimum Gasteiger partial charge on any atom is -0.370 e. The van der Waals surface area contributed by atoms with E-state index >= 15 is 0 Å². The molecular formula is C14H19N3. The van der Waals surface area contributed by atoms with Crippen LogP contribution in [-0.2, 0) is 0 Å². The Hall–Kier alpha value is -1.61. The van der Waals surface area contributed by atoms with E-state index in [4.69, 9.17) is 5.73 Å². The van der Waals surface area contributed by atoms with Gasteiger partial charge in [-0.15, -0.1) is 0 Å². The highest BCUT2D eigenvalue weighted by atomic mass is 15.1. The molecule has 2 aromatic rings. The standard InChI is InChI=1S/C14H19N3/c1-10-4-5-13-12(8-10)14(6-7-16-13)17(3)11(2)9-15/h4-8,11H,9,15H2,1-3H3. The number of pyridine rings is 1. The number of fused-ring (bicyclic) bond motifs is 1. The highest BCUT2D eigenvalue weighted by Gasteiger charge is 2.11. The van der Waals surface area contributed by atoms with Crippen LogP contribution < -0.4 is 10.6 Å². The number of likely N-dealkylation sites (N-methyl/N-ethyl adjacent to an activating group) is 1. The Balaban J connectivity index is 2.57. The SMILES string of the molecule is Cc1ccc2nccc(N(C)C(C)CN)c2c1. The van der Waals surface area contributed by atoms with Crippen LogP contribution in [0.15, 0.2) is 30.5 Å². The maximum absolute atomic E-state index is 5.73. The fourth-order valence-corrected chi connectivity index (χ4v) is 1.95. The Labute approximate surface area is 102 Å². The van der Waals surface area contributed by atoms with Crippen LogP contribution >= 0.6 is 0 Å². The van der Waals surface area contributed by atoms with Crippen molar-refractivity contribution in [1.29, 1.82) is 0 Å². The van der Waals surface area contributed by atoms with Crippen molar-refractivity contribution in [2.24, 2.45) is 5.73 Å². The maximum atomic E-state index is 5.73. The lowest BCUT2D eigenvalue weighted by Gasteiger charge is -2.27. The zero-order valence-electron chi connectivity index (χ0n) is 10.6. The van der Waals surface area contributed by atoms with Gasteiger partial charge < -0.3 is 10.6 Å². The first-order valence-electron chi connectivity index (χ1n) is 5.91. The summed E-state index contributed by atoms with van der Waals surface area (Å²) in [7, 11) is 2.08. The van der Waals surface area contributed by atoms with E-state index in [1.54, 1.807) is 0 Å². The lowest BCUT2D eigenvalue weighted by Crippen LogP contribution is -2.35. The Kier molecular flexibility index (Phi) is 3.29. The molecule has 2 N–H and O–H groups in total. The van der Waals surface area contributed by atoms with Crippen molar-refractivity contribution in [2.45, 2.75) is 19.9 Å². The van der Waals surface area contributed by atoms with Crippen LogP contribution in [0.3, 0.4) is 0 Å². The van der Waals surface area contributed by atoms with E-state index in [0.717, 1.165) is 5.52 Å². The van der Waals surface area contributed by atoms with Crippen molar-refractivity contribution in [3.05, 3.63) is 36.0 Å². The molecule has 0 saturated carbocycles. The summed E-state index contributed by atoms with van der Waals surface area (Å²) in [5.41, 5.74) is 9.20. The van der Waals surface area contributed by atoms with Gasteiger partial charge in [-0.25, -0.2) is 0 Å². The highest BCUT2D eigenvalue weighted by molar-refractivity contribution is 5.92. The first-order chi connectivity index (χ1) is 8.13. The second-order valence-electron chi connectivity index (χ2n) is 4.55. The van der Waals surface area contributed by atoms with E-state index in [9.17, 15) is 0 Å². The predicted molar refractivity (Wildman–Crippen MR) is 73.4 cm³/mol. The van der Waals surface area contributed by atoms with Crippen LogP contribution in [0, 0.1) is 6.92 Å². The molecule has 1 aromatic heterocycles. The molecule has 3 heteroatoms. The van der Waals surface area contributed by atoms with Gasteiger partial charge in [0.2, 0.25) is 0 Å². The van der Waals surface area contributed by atoms with Crippen molar-refractivity contribution >= 4 is 16.6 Å². The summed E-state index contributed by atoms with van der Waals surface area (Å²) in [6.45, 7) is 4.87. The number of hydrogen-bond donors (Lipinski definition) is 1. The molecule has 90 valence electrons. The monoisotopic (exact) mass is 229 g/mol. The van der Waals surface area contributed by atoms with Crippen molar-refractivity contribution in [3.8, 4) is 0 Å². The van der Waals surface area contributed by atoms with E-state index in [-0.39, 0.29) is 0 Å². The van der Waals surface area contributed by atoms with Gasteiger partial charge in [0, 0.05) is 36.9 Å². The number of hydrogen-bond acceptors (Lipinski definition) is 3. The van der Waals surface area contributed by atoms with Gasteiger partial charge in [0.25, 0.3) is 0 Å². The molecule has 1 aromatic carbocycles. The average molecular weight is 229 g/mol. The number of nitrogens with zero attached hydrogens (tertiary/aromatic N) is 2. The van der Waals surface area contributed by atoms with E-state index in [0.29, 0.717) is 12.6 Å². The molecule has 17 heavy (non-hydrogen) atoms. The summed E-state index contributed by atoms with van der Waals surface area (Å²) in [4.78, 5) is 6.60. The van der Waals surface area contributed by atoms with Gasteiger partial charge >= 0.3 is 0 Å². The van der Waals surface area contributed by atoms with E-state index in [2.05, 4.69) is 49.0 Å². The van der Waals surface area contributed by atoms with Gasteiger partial charge in [-0.2, -0.15) is 0 Å². The van der Waals surface area contributed by atoms with Crippen LogP contribution in [0.25, 0.3) is 10.9 Å². The lowest BCUT2D eigenvalue weighted by atomic mass is 10.1. The molecule has 2 rings (SSSR count). The summed E-state index contributed by atoms with van der Waals surface area (Å²) in [5.74, 6) is 0. The topological polar surface area (TPSA) is 42.2 Å². The summed E-state index contributed by atoms with van der Waals surface area (Å²) >= 11 is 0. The molecule has 1 unspecified atom stereocenters. The number of anilines is 1. The van der Waals surface area contributed by atoms with Gasteiger partial charge in [-0.1, -0.05) is 11.6 Å². The molecule has 0 bridgehead atoms. The van der Waals surface area contributed by atoms with Crippen LogP contribution in [0.4, 0.5) is 5.69 Å². The van der Waals surface area contributed by atoms with Crippen molar-refractivity contribution in [2.75, 3.05) is 18.5 Å². The minimum atomic E-state index is 0.320. The van der Waals surface area contributed by atoms with Gasteiger partial charge in [0.15, 0.2) is 0 Å². The zero-order valence-corrected chi connectivity index (χ0v) is 10.6. The number of benzene rings is 1. The third kappa shape index (κ3) is 2.24. The predicted octanol–water partition coefficient (Wildman–Crippen LogP) is 2.33. The summed E-state index contributed by atoms with van der Waals surface area (Å²) in [5, 5.41) is 1.19. The highest BCUT2D eigenvalue weighted by Crippen LogP contribution is 2.26. The molecule has 1 atom stereocenters. The first-order valence-corrected chi connectivity index (χ1v) is 5.91. The molecule has 0 aliphatic carbocycles. The quantitative estimate of drug-likeness (QED) is 0.878. The molecule has 0 radical (unpaired) electrons. The third-order valence-electron chi connectivity index (χ3n) is 3.26. The van der Waals surface area contributed by atoms with Gasteiger partial charge in [0.05, 0.1) is 5.52 Å². The first kappa shape index (κ1) is 11.9. The summed E-state index contributed by atoms with van der Waals surface area (Å²) in [6, 6.07) is 8.70. The van der Waals surface area contributed by atoms with E-state index in [1.165, 1.54) is 16.6 Å². The van der Waals surface area contributed by atoms with Crippen LogP contribution in [0.5, 0.6) is 0 Å².